The first-order valence-electron chi connectivity index (χ1n) is 13.5. The molecule has 2 atom stereocenters. The number of fused-ring (bicyclic) bond motifs is 1. The quantitative estimate of drug-likeness (QED) is 0.173. The summed E-state index contributed by atoms with van der Waals surface area (Å²) in [6.07, 6.45) is 1.97. The number of aromatic nitrogens is 1. The first-order valence-corrected chi connectivity index (χ1v) is 14.5. The third kappa shape index (κ3) is 9.02. The Labute approximate surface area is 236 Å². The molecule has 1 aliphatic heterocycles. The molecule has 40 heavy (non-hydrogen) atoms. The van der Waals surface area contributed by atoms with Gasteiger partial charge in [0.1, 0.15) is 11.5 Å². The molecule has 1 N–H and O–H groups in total. The van der Waals surface area contributed by atoms with Crippen LogP contribution in [0.15, 0.2) is 59.6 Å². The van der Waals surface area contributed by atoms with Crippen molar-refractivity contribution < 1.29 is 32.5 Å². The van der Waals surface area contributed by atoms with E-state index in [1.165, 1.54) is 29.5 Å². The number of aryl methyl sites for hydroxylation is 1. The van der Waals surface area contributed by atoms with Crippen molar-refractivity contribution in [1.82, 2.24) is 9.88 Å². The number of carbonyl (C=O) groups is 1. The van der Waals surface area contributed by atoms with Gasteiger partial charge < -0.3 is 19.5 Å². The number of carboxylic acid groups (broad SMARTS) is 1. The molecule has 0 saturated carbocycles. The van der Waals surface area contributed by atoms with Gasteiger partial charge >= 0.3 is 12.3 Å². The molecule has 1 saturated heterocycles. The summed E-state index contributed by atoms with van der Waals surface area (Å²) >= 11 is 1.49. The van der Waals surface area contributed by atoms with Gasteiger partial charge in [-0.3, -0.25) is 9.78 Å². The SMILES string of the molecule is COc1ccc2nccc(CCC[C@@H]3CCN(CCCSc4cccc(OC(F)(F)F)c4)C[C@@H]3CC(=O)O)c2c1. The molecule has 0 aliphatic carbocycles. The number of alkyl halides is 3. The number of likely N-dealkylation sites (tertiary alicyclic amines) is 1. The summed E-state index contributed by atoms with van der Waals surface area (Å²) in [6.45, 7) is 2.51. The monoisotopic (exact) mass is 576 g/mol. The molecule has 0 spiro atoms. The Kier molecular flexibility index (Phi) is 10.6. The molecule has 6 nitrogen and oxygen atoms in total. The summed E-state index contributed by atoms with van der Waals surface area (Å²) in [7, 11) is 1.65. The maximum atomic E-state index is 12.5. The van der Waals surface area contributed by atoms with Crippen molar-refractivity contribution in [2.75, 3.05) is 32.5 Å². The average Bonchev–Trinajstić information content (AvgIpc) is 2.91. The van der Waals surface area contributed by atoms with E-state index in [9.17, 15) is 23.1 Å². The van der Waals surface area contributed by atoms with Gasteiger partial charge in [-0.1, -0.05) is 6.07 Å². The fourth-order valence-electron chi connectivity index (χ4n) is 5.52. The lowest BCUT2D eigenvalue weighted by molar-refractivity contribution is -0.274. The lowest BCUT2D eigenvalue weighted by Gasteiger charge is -2.38. The molecule has 2 heterocycles. The number of methoxy groups -OCH3 is 1. The van der Waals surface area contributed by atoms with Crippen LogP contribution in [0.2, 0.25) is 0 Å². The third-order valence-corrected chi connectivity index (χ3v) is 8.48. The molecular weight excluding hydrogens is 541 g/mol. The van der Waals surface area contributed by atoms with Crippen molar-refractivity contribution in [3.05, 3.63) is 60.3 Å². The lowest BCUT2D eigenvalue weighted by Crippen LogP contribution is -2.41. The number of piperidine rings is 1. The maximum absolute atomic E-state index is 12.5. The van der Waals surface area contributed by atoms with Crippen molar-refractivity contribution in [2.24, 2.45) is 11.8 Å². The summed E-state index contributed by atoms with van der Waals surface area (Å²) in [5.74, 6) is 1.04. The number of nitrogens with zero attached hydrogens (tertiary/aromatic N) is 2. The number of rotatable bonds is 13. The smallest absolute Gasteiger partial charge is 0.497 e. The molecule has 3 aromatic rings. The zero-order chi connectivity index (χ0) is 28.5. The second kappa shape index (κ2) is 14.1. The molecule has 0 radical (unpaired) electrons. The topological polar surface area (TPSA) is 71.9 Å². The minimum Gasteiger partial charge on any atom is -0.497 e. The summed E-state index contributed by atoms with van der Waals surface area (Å²) in [6, 6.07) is 14.0. The van der Waals surface area contributed by atoms with E-state index < -0.39 is 12.3 Å². The van der Waals surface area contributed by atoms with Gasteiger partial charge in [-0.25, -0.2) is 0 Å². The van der Waals surface area contributed by atoms with E-state index in [0.717, 1.165) is 79.0 Å². The molecule has 0 bridgehead atoms. The van der Waals surface area contributed by atoms with E-state index >= 15 is 0 Å². The highest BCUT2D eigenvalue weighted by atomic mass is 32.2. The Bertz CT molecular complexity index is 1270. The van der Waals surface area contributed by atoms with Crippen molar-refractivity contribution in [3.63, 3.8) is 0 Å². The minimum absolute atomic E-state index is 0.101. The van der Waals surface area contributed by atoms with E-state index in [-0.39, 0.29) is 18.1 Å². The van der Waals surface area contributed by atoms with Crippen LogP contribution in [0.1, 0.15) is 37.7 Å². The maximum Gasteiger partial charge on any atom is 0.573 e. The van der Waals surface area contributed by atoms with Gasteiger partial charge in [0.2, 0.25) is 0 Å². The molecule has 1 aromatic heterocycles. The molecule has 1 fully saturated rings. The van der Waals surface area contributed by atoms with Gasteiger partial charge in [-0.2, -0.15) is 0 Å². The van der Waals surface area contributed by atoms with Crippen LogP contribution in [-0.4, -0.2) is 59.8 Å². The average molecular weight is 577 g/mol. The molecule has 4 rings (SSSR count). The van der Waals surface area contributed by atoms with Gasteiger partial charge in [0, 0.05) is 29.4 Å². The van der Waals surface area contributed by atoms with Gasteiger partial charge in [0.25, 0.3) is 0 Å². The zero-order valence-corrected chi connectivity index (χ0v) is 23.3. The van der Waals surface area contributed by atoms with E-state index in [2.05, 4.69) is 20.7 Å². The van der Waals surface area contributed by atoms with Crippen LogP contribution < -0.4 is 9.47 Å². The van der Waals surface area contributed by atoms with Crippen LogP contribution in [0.25, 0.3) is 10.9 Å². The molecule has 0 unspecified atom stereocenters. The van der Waals surface area contributed by atoms with Gasteiger partial charge in [-0.15, -0.1) is 24.9 Å². The number of thioether (sulfide) groups is 1. The number of aliphatic carboxylic acids is 1. The standard InChI is InChI=1S/C30H35F3N2O4S/c1-38-24-9-10-28-27(19-24)22(11-13-34-28)6-2-5-21-12-15-35(20-23(21)17-29(36)37)14-4-16-40-26-8-3-7-25(18-26)39-30(31,32)33/h3,7-11,13,18-19,21,23H,2,4-6,12,14-17,20H2,1H3,(H,36,37)/t21-,23+/m1/s1. The lowest BCUT2D eigenvalue weighted by atomic mass is 9.80. The molecule has 0 amide bonds. The number of ether oxygens (including phenoxy) is 2. The number of pyridine rings is 1. The Morgan fingerprint density at radius 2 is 1.98 bits per heavy atom. The van der Waals surface area contributed by atoms with Crippen LogP contribution in [0, 0.1) is 11.8 Å². The van der Waals surface area contributed by atoms with Crippen LogP contribution in [0.3, 0.4) is 0 Å². The number of benzene rings is 2. The van der Waals surface area contributed by atoms with E-state index in [4.69, 9.17) is 4.74 Å². The van der Waals surface area contributed by atoms with E-state index in [0.29, 0.717) is 5.92 Å². The van der Waals surface area contributed by atoms with Gasteiger partial charge in [0.05, 0.1) is 12.6 Å². The Hall–Kier alpha value is -2.98. The predicted octanol–water partition coefficient (Wildman–Crippen LogP) is 7.06. The third-order valence-electron chi connectivity index (χ3n) is 7.40. The van der Waals surface area contributed by atoms with Crippen molar-refractivity contribution >= 4 is 28.6 Å². The fraction of sp³-hybridized carbons (Fsp3) is 0.467. The Balaban J connectivity index is 1.25. The molecule has 216 valence electrons. The fourth-order valence-corrected chi connectivity index (χ4v) is 6.40. The number of halogens is 3. The predicted molar refractivity (Wildman–Crippen MR) is 150 cm³/mol. The van der Waals surface area contributed by atoms with Crippen molar-refractivity contribution in [2.45, 2.75) is 49.8 Å². The normalized spacial score (nSPS) is 18.1. The van der Waals surface area contributed by atoms with E-state index in [1.807, 2.05) is 24.4 Å². The molecule has 2 aromatic carbocycles. The second-order valence-corrected chi connectivity index (χ2v) is 11.3. The minimum atomic E-state index is -4.70. The molecule has 10 heteroatoms. The first-order chi connectivity index (χ1) is 19.2. The second-order valence-electron chi connectivity index (χ2n) is 10.2. The van der Waals surface area contributed by atoms with E-state index in [1.54, 1.807) is 19.2 Å². The molecule has 1 aliphatic rings. The number of hydrogen-bond donors (Lipinski definition) is 1. The Morgan fingerprint density at radius 3 is 2.75 bits per heavy atom. The summed E-state index contributed by atoms with van der Waals surface area (Å²) in [5, 5.41) is 10.6. The van der Waals surface area contributed by atoms with Crippen LogP contribution in [-0.2, 0) is 11.2 Å². The van der Waals surface area contributed by atoms with Crippen molar-refractivity contribution in [3.8, 4) is 11.5 Å². The first kappa shape index (κ1) is 30.0. The highest BCUT2D eigenvalue weighted by Crippen LogP contribution is 2.32. The van der Waals surface area contributed by atoms with Crippen LogP contribution in [0.5, 0.6) is 11.5 Å². The van der Waals surface area contributed by atoms with Gasteiger partial charge in [0.15, 0.2) is 0 Å². The Morgan fingerprint density at radius 1 is 1.12 bits per heavy atom. The highest BCUT2D eigenvalue weighted by molar-refractivity contribution is 7.99. The number of carboxylic acids is 1. The zero-order valence-electron chi connectivity index (χ0n) is 22.5. The summed E-state index contributed by atoms with van der Waals surface area (Å²) in [5.41, 5.74) is 2.17. The van der Waals surface area contributed by atoms with Crippen LogP contribution in [0.4, 0.5) is 13.2 Å². The summed E-state index contributed by atoms with van der Waals surface area (Å²) < 4.78 is 46.8. The highest BCUT2D eigenvalue weighted by Gasteiger charge is 2.31. The summed E-state index contributed by atoms with van der Waals surface area (Å²) in [4.78, 5) is 19.1. The van der Waals surface area contributed by atoms with Gasteiger partial charge in [-0.05, 0) is 111 Å². The number of hydrogen-bond acceptors (Lipinski definition) is 6. The van der Waals surface area contributed by atoms with Crippen LogP contribution >= 0.6 is 11.8 Å². The largest absolute Gasteiger partial charge is 0.573 e. The molecular formula is C30H35F3N2O4S. The van der Waals surface area contributed by atoms with Crippen molar-refractivity contribution in [1.29, 1.82) is 0 Å².